The van der Waals surface area contributed by atoms with Crippen molar-refractivity contribution in [3.05, 3.63) is 82.5 Å². The van der Waals surface area contributed by atoms with Gasteiger partial charge < -0.3 is 9.73 Å². The number of benzene rings is 1. The minimum absolute atomic E-state index is 0.0704. The molecule has 0 bridgehead atoms. The summed E-state index contributed by atoms with van der Waals surface area (Å²) in [5.41, 5.74) is 0.838. The van der Waals surface area contributed by atoms with Crippen LogP contribution in [0.2, 0.25) is 10.2 Å². The number of hydrogen-bond donors (Lipinski definition) is 1. The van der Waals surface area contributed by atoms with E-state index >= 15 is 0 Å². The van der Waals surface area contributed by atoms with E-state index in [9.17, 15) is 13.2 Å². The summed E-state index contributed by atoms with van der Waals surface area (Å²) in [6.07, 6.45) is 2.59. The van der Waals surface area contributed by atoms with Crippen molar-refractivity contribution in [2.45, 2.75) is 18.0 Å². The minimum Gasteiger partial charge on any atom is -0.468 e. The van der Waals surface area contributed by atoms with Gasteiger partial charge in [0, 0.05) is 17.8 Å². The first-order chi connectivity index (χ1) is 13.8. The summed E-state index contributed by atoms with van der Waals surface area (Å²) in [6, 6.07) is 13.0. The number of hydrogen-bond acceptors (Lipinski definition) is 5. The Morgan fingerprint density at radius 2 is 1.86 bits per heavy atom. The molecule has 0 fully saturated rings. The van der Waals surface area contributed by atoms with Crippen LogP contribution < -0.4 is 5.32 Å². The second-order valence-corrected chi connectivity index (χ2v) is 8.83. The number of amides is 1. The van der Waals surface area contributed by atoms with Gasteiger partial charge in [-0.15, -0.1) is 0 Å². The van der Waals surface area contributed by atoms with Crippen molar-refractivity contribution in [3.63, 3.8) is 0 Å². The summed E-state index contributed by atoms with van der Waals surface area (Å²) in [4.78, 5) is 16.2. The van der Waals surface area contributed by atoms with Gasteiger partial charge in [0.05, 0.1) is 19.4 Å². The van der Waals surface area contributed by atoms with Crippen molar-refractivity contribution in [1.29, 1.82) is 0 Å². The molecule has 1 N–H and O–H groups in total. The topological polar surface area (TPSA) is 92.5 Å². The summed E-state index contributed by atoms with van der Waals surface area (Å²) in [5, 5.41) is 3.46. The predicted molar refractivity (Wildman–Crippen MR) is 109 cm³/mol. The zero-order valence-electron chi connectivity index (χ0n) is 15.1. The SMILES string of the molecule is O=C(CN(Cc1ccco1)S(=O)(=O)c1ccc(Cl)nc1)NCc1ccc(Cl)cc1. The van der Waals surface area contributed by atoms with Crippen LogP contribution in [-0.4, -0.2) is 30.2 Å². The molecule has 1 aromatic carbocycles. The monoisotopic (exact) mass is 453 g/mol. The van der Waals surface area contributed by atoms with Crippen LogP contribution in [0.5, 0.6) is 0 Å². The minimum atomic E-state index is -4.00. The second kappa shape index (κ2) is 9.41. The summed E-state index contributed by atoms with van der Waals surface area (Å²) >= 11 is 11.6. The molecule has 7 nitrogen and oxygen atoms in total. The highest BCUT2D eigenvalue weighted by atomic mass is 35.5. The smallest absolute Gasteiger partial charge is 0.245 e. The molecular formula is C19H17Cl2N3O4S. The van der Waals surface area contributed by atoms with E-state index in [1.165, 1.54) is 18.4 Å². The number of nitrogens with one attached hydrogen (secondary N) is 1. The van der Waals surface area contributed by atoms with E-state index in [-0.39, 0.29) is 29.7 Å². The Morgan fingerprint density at radius 1 is 1.10 bits per heavy atom. The predicted octanol–water partition coefficient (Wildman–Crippen LogP) is 3.49. The molecule has 0 saturated heterocycles. The van der Waals surface area contributed by atoms with Crippen LogP contribution in [0.4, 0.5) is 0 Å². The highest BCUT2D eigenvalue weighted by Crippen LogP contribution is 2.19. The molecule has 3 aromatic rings. The Morgan fingerprint density at radius 3 is 2.48 bits per heavy atom. The van der Waals surface area contributed by atoms with Crippen molar-refractivity contribution in [2.24, 2.45) is 0 Å². The zero-order valence-corrected chi connectivity index (χ0v) is 17.4. The van der Waals surface area contributed by atoms with Gasteiger partial charge in [-0.1, -0.05) is 35.3 Å². The van der Waals surface area contributed by atoms with E-state index in [4.69, 9.17) is 27.6 Å². The third-order valence-corrected chi connectivity index (χ3v) is 6.22. The summed E-state index contributed by atoms with van der Waals surface area (Å²) in [5.74, 6) is -0.0574. The lowest BCUT2D eigenvalue weighted by molar-refractivity contribution is -0.121. The van der Waals surface area contributed by atoms with Crippen LogP contribution >= 0.6 is 23.2 Å². The Labute approximate surface area is 178 Å². The summed E-state index contributed by atoms with van der Waals surface area (Å²) in [7, 11) is -4.00. The lowest BCUT2D eigenvalue weighted by atomic mass is 10.2. The van der Waals surface area contributed by atoms with Crippen molar-refractivity contribution < 1.29 is 17.6 Å². The van der Waals surface area contributed by atoms with E-state index in [0.717, 1.165) is 16.1 Å². The molecule has 152 valence electrons. The highest BCUT2D eigenvalue weighted by molar-refractivity contribution is 7.89. The molecular weight excluding hydrogens is 437 g/mol. The van der Waals surface area contributed by atoms with Crippen LogP contribution in [0.1, 0.15) is 11.3 Å². The fourth-order valence-electron chi connectivity index (χ4n) is 2.49. The van der Waals surface area contributed by atoms with Crippen molar-refractivity contribution in [2.75, 3.05) is 6.54 Å². The number of furan rings is 1. The molecule has 3 rings (SSSR count). The number of pyridine rings is 1. The van der Waals surface area contributed by atoms with E-state index in [2.05, 4.69) is 10.3 Å². The average molecular weight is 454 g/mol. The van der Waals surface area contributed by atoms with Gasteiger partial charge in [0.2, 0.25) is 15.9 Å². The Hall–Kier alpha value is -2.39. The summed E-state index contributed by atoms with van der Waals surface area (Å²) in [6.45, 7) is -0.251. The second-order valence-electron chi connectivity index (χ2n) is 6.07. The van der Waals surface area contributed by atoms with Crippen LogP contribution in [0.25, 0.3) is 0 Å². The molecule has 2 aromatic heterocycles. The van der Waals surface area contributed by atoms with Gasteiger partial charge in [0.15, 0.2) is 0 Å². The lowest BCUT2D eigenvalue weighted by Crippen LogP contribution is -2.40. The van der Waals surface area contributed by atoms with Gasteiger partial charge in [-0.05, 0) is 42.0 Å². The molecule has 10 heteroatoms. The molecule has 0 radical (unpaired) electrons. The van der Waals surface area contributed by atoms with Crippen LogP contribution in [0.3, 0.4) is 0 Å². The number of rotatable bonds is 8. The molecule has 1 amide bonds. The van der Waals surface area contributed by atoms with Crippen LogP contribution in [-0.2, 0) is 27.9 Å². The molecule has 2 heterocycles. The van der Waals surface area contributed by atoms with E-state index in [0.29, 0.717) is 10.8 Å². The van der Waals surface area contributed by atoms with Crippen LogP contribution in [0, 0.1) is 0 Å². The van der Waals surface area contributed by atoms with E-state index < -0.39 is 15.9 Å². The first-order valence-electron chi connectivity index (χ1n) is 8.50. The highest BCUT2D eigenvalue weighted by Gasteiger charge is 2.28. The maximum atomic E-state index is 13.0. The Kier molecular flexibility index (Phi) is 6.92. The molecule has 0 atom stereocenters. The number of nitrogens with zero attached hydrogens (tertiary/aromatic N) is 2. The maximum Gasteiger partial charge on any atom is 0.245 e. The first kappa shape index (κ1) is 21.3. The van der Waals surface area contributed by atoms with Gasteiger partial charge >= 0.3 is 0 Å². The van der Waals surface area contributed by atoms with Gasteiger partial charge in [0.25, 0.3) is 0 Å². The van der Waals surface area contributed by atoms with E-state index in [1.54, 1.807) is 36.4 Å². The fourth-order valence-corrected chi connectivity index (χ4v) is 4.03. The molecule has 0 aliphatic rings. The molecule has 0 aliphatic heterocycles. The third-order valence-electron chi connectivity index (χ3n) is 3.97. The van der Waals surface area contributed by atoms with Gasteiger partial charge in [-0.25, -0.2) is 13.4 Å². The van der Waals surface area contributed by atoms with Crippen molar-refractivity contribution in [1.82, 2.24) is 14.6 Å². The normalized spacial score (nSPS) is 11.6. The fraction of sp³-hybridized carbons (Fsp3) is 0.158. The molecule has 0 aliphatic carbocycles. The Balaban J connectivity index is 1.75. The maximum absolute atomic E-state index is 13.0. The third kappa shape index (κ3) is 5.80. The number of sulfonamides is 1. The largest absolute Gasteiger partial charge is 0.468 e. The Bertz CT molecular complexity index is 1050. The van der Waals surface area contributed by atoms with Crippen molar-refractivity contribution >= 4 is 39.1 Å². The lowest BCUT2D eigenvalue weighted by Gasteiger charge is -2.20. The van der Waals surface area contributed by atoms with Crippen LogP contribution in [0.15, 0.2) is 70.3 Å². The molecule has 0 spiro atoms. The average Bonchev–Trinajstić information content (AvgIpc) is 3.20. The van der Waals surface area contributed by atoms with Gasteiger partial charge in [-0.2, -0.15) is 4.31 Å². The summed E-state index contributed by atoms with van der Waals surface area (Å²) < 4.78 is 32.3. The number of carbonyl (C=O) groups excluding carboxylic acids is 1. The van der Waals surface area contributed by atoms with Gasteiger partial charge in [-0.3, -0.25) is 4.79 Å². The standard InChI is InChI=1S/C19H17Cl2N3O4S/c20-15-5-3-14(4-6-15)10-23-19(25)13-24(12-16-2-1-9-28-16)29(26,27)17-7-8-18(21)22-11-17/h1-9,11H,10,12-13H2,(H,23,25). The molecule has 0 saturated carbocycles. The number of aromatic nitrogens is 1. The number of halogens is 2. The molecule has 29 heavy (non-hydrogen) atoms. The first-order valence-corrected chi connectivity index (χ1v) is 10.7. The number of carbonyl (C=O) groups is 1. The van der Waals surface area contributed by atoms with E-state index in [1.807, 2.05) is 0 Å². The van der Waals surface area contributed by atoms with Crippen molar-refractivity contribution in [3.8, 4) is 0 Å². The zero-order chi connectivity index (χ0) is 20.9. The molecule has 0 unspecified atom stereocenters. The quantitative estimate of drug-likeness (QED) is 0.526. The van der Waals surface area contributed by atoms with Gasteiger partial charge in [0.1, 0.15) is 15.8 Å².